The van der Waals surface area contributed by atoms with E-state index in [9.17, 15) is 4.39 Å². The molecule has 1 unspecified atom stereocenters. The first-order valence-electron chi connectivity index (χ1n) is 6.98. The molecule has 0 radical (unpaired) electrons. The Bertz CT molecular complexity index is 546. The van der Waals surface area contributed by atoms with Crippen LogP contribution in [-0.2, 0) is 11.3 Å². The van der Waals surface area contributed by atoms with Crippen molar-refractivity contribution in [3.63, 3.8) is 0 Å². The zero-order valence-corrected chi connectivity index (χ0v) is 12.6. The van der Waals surface area contributed by atoms with Crippen LogP contribution in [0.3, 0.4) is 0 Å². The highest BCUT2D eigenvalue weighted by Gasteiger charge is 2.31. The number of nitrogens with two attached hydrogens (primary N) is 1. The normalized spacial score (nSPS) is 23.2. The average molecular weight is 295 g/mol. The molecule has 5 nitrogen and oxygen atoms in total. The summed E-state index contributed by atoms with van der Waals surface area (Å²) in [4.78, 5) is 2.16. The number of morpholine rings is 1. The molecule has 21 heavy (non-hydrogen) atoms. The van der Waals surface area contributed by atoms with E-state index in [0.717, 1.165) is 13.1 Å². The van der Waals surface area contributed by atoms with Crippen molar-refractivity contribution < 1.29 is 14.3 Å². The van der Waals surface area contributed by atoms with Gasteiger partial charge in [0.25, 0.3) is 0 Å². The molecule has 1 aliphatic heterocycles. The largest absolute Gasteiger partial charge is 0.409 e. The van der Waals surface area contributed by atoms with E-state index in [1.54, 1.807) is 12.1 Å². The van der Waals surface area contributed by atoms with E-state index in [2.05, 4.69) is 10.1 Å². The molecule has 1 aliphatic rings. The second-order valence-corrected chi connectivity index (χ2v) is 6.12. The first-order valence-corrected chi connectivity index (χ1v) is 6.98. The van der Waals surface area contributed by atoms with E-state index in [-0.39, 0.29) is 23.1 Å². The zero-order chi connectivity index (χ0) is 15.6. The van der Waals surface area contributed by atoms with Gasteiger partial charge < -0.3 is 15.7 Å². The van der Waals surface area contributed by atoms with Crippen molar-refractivity contribution in [1.82, 2.24) is 4.90 Å². The Morgan fingerprint density at radius 2 is 2.29 bits per heavy atom. The zero-order valence-electron chi connectivity index (χ0n) is 12.6. The van der Waals surface area contributed by atoms with Gasteiger partial charge in [0, 0.05) is 25.2 Å². The molecule has 1 atom stereocenters. The molecule has 1 aromatic carbocycles. The predicted octanol–water partition coefficient (Wildman–Crippen LogP) is 1.92. The van der Waals surface area contributed by atoms with Crippen LogP contribution < -0.4 is 5.73 Å². The molecule has 1 fully saturated rings. The lowest BCUT2D eigenvalue weighted by molar-refractivity contribution is -0.130. The van der Waals surface area contributed by atoms with Crippen molar-refractivity contribution in [1.29, 1.82) is 0 Å². The number of nitrogens with zero attached hydrogens (tertiary/aromatic N) is 2. The summed E-state index contributed by atoms with van der Waals surface area (Å²) in [5.41, 5.74) is 5.89. The lowest BCUT2D eigenvalue weighted by Crippen LogP contribution is -2.51. The van der Waals surface area contributed by atoms with Crippen LogP contribution >= 0.6 is 0 Å². The third kappa shape index (κ3) is 3.71. The van der Waals surface area contributed by atoms with Gasteiger partial charge in [-0.05, 0) is 26.8 Å². The van der Waals surface area contributed by atoms with E-state index in [1.165, 1.54) is 6.07 Å². The molecule has 6 heteroatoms. The van der Waals surface area contributed by atoms with Crippen molar-refractivity contribution in [3.05, 3.63) is 35.1 Å². The third-order valence-corrected chi connectivity index (χ3v) is 3.50. The second kappa shape index (κ2) is 5.99. The van der Waals surface area contributed by atoms with Gasteiger partial charge in [0.05, 0.1) is 17.3 Å². The molecule has 116 valence electrons. The molecule has 2 rings (SSSR count). The number of benzene rings is 1. The van der Waals surface area contributed by atoms with Gasteiger partial charge in [0.15, 0.2) is 5.84 Å². The number of ether oxygens (including phenoxy) is 1. The Kier molecular flexibility index (Phi) is 4.49. The van der Waals surface area contributed by atoms with Gasteiger partial charge >= 0.3 is 0 Å². The maximum absolute atomic E-state index is 14.4. The van der Waals surface area contributed by atoms with Crippen molar-refractivity contribution in [2.24, 2.45) is 10.9 Å². The van der Waals surface area contributed by atoms with E-state index < -0.39 is 5.82 Å². The van der Waals surface area contributed by atoms with Crippen LogP contribution in [0.15, 0.2) is 23.4 Å². The van der Waals surface area contributed by atoms with Gasteiger partial charge in [0.2, 0.25) is 0 Å². The maximum atomic E-state index is 14.4. The molecule has 1 heterocycles. The molecule has 0 aliphatic carbocycles. The monoisotopic (exact) mass is 295 g/mol. The first-order chi connectivity index (χ1) is 9.82. The third-order valence-electron chi connectivity index (χ3n) is 3.50. The fourth-order valence-corrected chi connectivity index (χ4v) is 2.90. The van der Waals surface area contributed by atoms with Crippen molar-refractivity contribution in [2.75, 3.05) is 13.1 Å². The summed E-state index contributed by atoms with van der Waals surface area (Å²) in [6.45, 7) is 8.01. The summed E-state index contributed by atoms with van der Waals surface area (Å²) < 4.78 is 20.3. The van der Waals surface area contributed by atoms with Crippen LogP contribution in [0.1, 0.15) is 31.9 Å². The van der Waals surface area contributed by atoms with E-state index >= 15 is 0 Å². The second-order valence-electron chi connectivity index (χ2n) is 6.12. The Morgan fingerprint density at radius 3 is 2.90 bits per heavy atom. The van der Waals surface area contributed by atoms with Gasteiger partial charge in [-0.15, -0.1) is 0 Å². The molecule has 0 spiro atoms. The average Bonchev–Trinajstić information content (AvgIpc) is 2.38. The Hall–Kier alpha value is -1.66. The van der Waals surface area contributed by atoms with Gasteiger partial charge in [-0.2, -0.15) is 0 Å². The Labute approximate surface area is 124 Å². The number of oxime groups is 1. The van der Waals surface area contributed by atoms with Crippen LogP contribution in [0.4, 0.5) is 4.39 Å². The summed E-state index contributed by atoms with van der Waals surface area (Å²) in [6.07, 6.45) is 0.101. The summed E-state index contributed by atoms with van der Waals surface area (Å²) in [6, 6.07) is 4.93. The van der Waals surface area contributed by atoms with E-state index in [0.29, 0.717) is 12.1 Å². The molecule has 1 saturated heterocycles. The standard InChI is InChI=1S/C15H22FN3O2/c1-10-7-19(9-15(2,3)21-10)8-11-5-4-6-12(13(11)16)14(17)18-20/h4-6,10,20H,7-9H2,1-3H3,(H2,17,18). The molecule has 1 aromatic rings. The Balaban J connectivity index is 2.20. The van der Waals surface area contributed by atoms with Gasteiger partial charge in [-0.1, -0.05) is 17.3 Å². The SMILES string of the molecule is CC1CN(Cc2cccc(/C(N)=N/O)c2F)CC(C)(C)O1. The Morgan fingerprint density at radius 1 is 1.57 bits per heavy atom. The minimum atomic E-state index is -0.440. The van der Waals surface area contributed by atoms with Gasteiger partial charge in [0.1, 0.15) is 5.82 Å². The minimum absolute atomic E-state index is 0.101. The number of halogens is 1. The predicted molar refractivity (Wildman–Crippen MR) is 78.8 cm³/mol. The fourth-order valence-electron chi connectivity index (χ4n) is 2.90. The van der Waals surface area contributed by atoms with Crippen LogP contribution in [0.2, 0.25) is 0 Å². The van der Waals surface area contributed by atoms with Crippen molar-refractivity contribution >= 4 is 5.84 Å². The quantitative estimate of drug-likeness (QED) is 0.387. The highest BCUT2D eigenvalue weighted by atomic mass is 19.1. The molecule has 0 bridgehead atoms. The summed E-state index contributed by atoms with van der Waals surface area (Å²) in [5.74, 6) is -0.658. The topological polar surface area (TPSA) is 71.1 Å². The number of rotatable bonds is 3. The minimum Gasteiger partial charge on any atom is -0.409 e. The first kappa shape index (κ1) is 15.7. The lowest BCUT2D eigenvalue weighted by atomic mass is 10.0. The highest BCUT2D eigenvalue weighted by Crippen LogP contribution is 2.23. The van der Waals surface area contributed by atoms with Gasteiger partial charge in [-0.3, -0.25) is 4.90 Å². The van der Waals surface area contributed by atoms with E-state index in [4.69, 9.17) is 15.7 Å². The molecule has 0 amide bonds. The summed E-state index contributed by atoms with van der Waals surface area (Å²) >= 11 is 0. The van der Waals surface area contributed by atoms with E-state index in [1.807, 2.05) is 20.8 Å². The maximum Gasteiger partial charge on any atom is 0.173 e. The molecule has 0 saturated carbocycles. The molecule has 3 N–H and O–H groups in total. The van der Waals surface area contributed by atoms with Crippen LogP contribution in [0.25, 0.3) is 0 Å². The molecule has 0 aromatic heterocycles. The fraction of sp³-hybridized carbons (Fsp3) is 0.533. The van der Waals surface area contributed by atoms with Crippen molar-refractivity contribution in [2.45, 2.75) is 39.0 Å². The number of hydrogen-bond donors (Lipinski definition) is 2. The lowest BCUT2D eigenvalue weighted by Gasteiger charge is -2.41. The molecular weight excluding hydrogens is 273 g/mol. The summed E-state index contributed by atoms with van der Waals surface area (Å²) in [7, 11) is 0. The highest BCUT2D eigenvalue weighted by molar-refractivity contribution is 5.97. The van der Waals surface area contributed by atoms with Crippen LogP contribution in [0.5, 0.6) is 0 Å². The van der Waals surface area contributed by atoms with Gasteiger partial charge in [-0.25, -0.2) is 4.39 Å². The van der Waals surface area contributed by atoms with Crippen LogP contribution in [-0.4, -0.2) is 40.7 Å². The number of hydrogen-bond acceptors (Lipinski definition) is 4. The molecular formula is C15H22FN3O2. The number of amidine groups is 1. The van der Waals surface area contributed by atoms with Crippen molar-refractivity contribution in [3.8, 4) is 0 Å². The summed E-state index contributed by atoms with van der Waals surface area (Å²) in [5, 5.41) is 11.6. The van der Waals surface area contributed by atoms with Crippen LogP contribution in [0, 0.1) is 5.82 Å². The smallest absolute Gasteiger partial charge is 0.173 e.